The van der Waals surface area contributed by atoms with Gasteiger partial charge in [-0.1, -0.05) is 44.2 Å². The van der Waals surface area contributed by atoms with Gasteiger partial charge in [-0.25, -0.2) is 9.59 Å². The lowest BCUT2D eigenvalue weighted by molar-refractivity contribution is -0.147. The number of amides is 2. The summed E-state index contributed by atoms with van der Waals surface area (Å²) in [5.74, 6) is -1.11. The van der Waals surface area contributed by atoms with Crippen molar-refractivity contribution in [2.75, 3.05) is 13.7 Å². The third kappa shape index (κ3) is 6.38. The molecule has 0 unspecified atom stereocenters. The number of hydrogen-bond donors (Lipinski definition) is 1. The average Bonchev–Trinajstić information content (AvgIpc) is 2.60. The maximum absolute atomic E-state index is 12.6. The van der Waals surface area contributed by atoms with Crippen molar-refractivity contribution in [3.05, 3.63) is 35.9 Å². The lowest BCUT2D eigenvalue weighted by Gasteiger charge is -2.30. The second kappa shape index (κ2) is 10.4. The van der Waals surface area contributed by atoms with Gasteiger partial charge in [-0.3, -0.25) is 9.69 Å². The first-order valence-electron chi connectivity index (χ1n) is 8.68. The van der Waals surface area contributed by atoms with Crippen LogP contribution in [0.2, 0.25) is 0 Å². The molecule has 0 fully saturated rings. The third-order valence-corrected chi connectivity index (χ3v) is 3.81. The van der Waals surface area contributed by atoms with Crippen LogP contribution in [0.3, 0.4) is 0 Å². The van der Waals surface area contributed by atoms with Crippen molar-refractivity contribution in [3.63, 3.8) is 0 Å². The summed E-state index contributed by atoms with van der Waals surface area (Å²) in [5, 5.41) is 2.59. The van der Waals surface area contributed by atoms with Crippen molar-refractivity contribution in [1.29, 1.82) is 0 Å². The van der Waals surface area contributed by atoms with E-state index in [0.717, 1.165) is 5.56 Å². The van der Waals surface area contributed by atoms with Crippen LogP contribution in [0, 0.1) is 5.92 Å². The topological polar surface area (TPSA) is 84.9 Å². The lowest BCUT2D eigenvalue weighted by atomic mass is 10.0. The quantitative estimate of drug-likeness (QED) is 0.716. The standard InChI is InChI=1S/C19H28N2O5/c1-6-25-18(23)14(4)20-17(22)16(13(2)3)21(5)19(24)26-12-15-10-8-7-9-11-15/h7-11,13-14,16H,6,12H2,1-5H3,(H,20,22)/t14-,16-/m0/s1. The molecule has 0 saturated carbocycles. The monoisotopic (exact) mass is 364 g/mol. The van der Waals surface area contributed by atoms with E-state index in [1.807, 2.05) is 44.2 Å². The van der Waals surface area contributed by atoms with E-state index in [4.69, 9.17) is 9.47 Å². The van der Waals surface area contributed by atoms with Gasteiger partial charge in [0.1, 0.15) is 18.7 Å². The molecule has 7 nitrogen and oxygen atoms in total. The zero-order chi connectivity index (χ0) is 19.7. The summed E-state index contributed by atoms with van der Waals surface area (Å²) in [6, 6.07) is 7.72. The Labute approximate surface area is 154 Å². The van der Waals surface area contributed by atoms with Crippen molar-refractivity contribution in [2.45, 2.75) is 46.4 Å². The number of hydrogen-bond acceptors (Lipinski definition) is 5. The van der Waals surface area contributed by atoms with Crippen LogP contribution in [0.5, 0.6) is 0 Å². The van der Waals surface area contributed by atoms with E-state index in [-0.39, 0.29) is 19.1 Å². The smallest absolute Gasteiger partial charge is 0.410 e. The first-order chi connectivity index (χ1) is 12.3. The van der Waals surface area contributed by atoms with Crippen molar-refractivity contribution >= 4 is 18.0 Å². The van der Waals surface area contributed by atoms with Crippen LogP contribution >= 0.6 is 0 Å². The van der Waals surface area contributed by atoms with Crippen molar-refractivity contribution in [2.24, 2.45) is 5.92 Å². The molecule has 0 aliphatic rings. The van der Waals surface area contributed by atoms with Gasteiger partial charge in [-0.15, -0.1) is 0 Å². The van der Waals surface area contributed by atoms with Gasteiger partial charge in [0.2, 0.25) is 5.91 Å². The molecule has 1 N–H and O–H groups in total. The van der Waals surface area contributed by atoms with Crippen LogP contribution < -0.4 is 5.32 Å². The van der Waals surface area contributed by atoms with Gasteiger partial charge < -0.3 is 14.8 Å². The number of nitrogens with zero attached hydrogens (tertiary/aromatic N) is 1. The molecule has 0 aliphatic carbocycles. The highest BCUT2D eigenvalue weighted by molar-refractivity contribution is 5.89. The van der Waals surface area contributed by atoms with Crippen molar-refractivity contribution in [3.8, 4) is 0 Å². The largest absolute Gasteiger partial charge is 0.464 e. The Hall–Kier alpha value is -2.57. The molecule has 0 saturated heterocycles. The summed E-state index contributed by atoms with van der Waals surface area (Å²) in [6.45, 7) is 7.23. The number of rotatable bonds is 8. The Morgan fingerprint density at radius 3 is 2.23 bits per heavy atom. The summed E-state index contributed by atoms with van der Waals surface area (Å²) in [6.07, 6.45) is -0.605. The number of esters is 1. The molecule has 2 amide bonds. The number of carbonyl (C=O) groups excluding carboxylic acids is 3. The number of likely N-dealkylation sites (N-methyl/N-ethyl adjacent to an activating group) is 1. The first kappa shape index (κ1) is 21.5. The van der Waals surface area contributed by atoms with E-state index in [0.29, 0.717) is 0 Å². The van der Waals surface area contributed by atoms with E-state index in [1.54, 1.807) is 13.8 Å². The Balaban J connectivity index is 2.70. The molecule has 1 rings (SSSR count). The van der Waals surface area contributed by atoms with E-state index >= 15 is 0 Å². The average molecular weight is 364 g/mol. The molecule has 0 bridgehead atoms. The Bertz CT molecular complexity index is 603. The predicted molar refractivity (Wildman–Crippen MR) is 97.3 cm³/mol. The molecule has 0 radical (unpaired) electrons. The Kier molecular flexibility index (Phi) is 8.61. The number of ether oxygens (including phenoxy) is 2. The van der Waals surface area contributed by atoms with Crippen LogP contribution in [-0.2, 0) is 25.7 Å². The minimum atomic E-state index is -0.794. The molecule has 1 aromatic carbocycles. The zero-order valence-corrected chi connectivity index (χ0v) is 16.0. The molecule has 0 heterocycles. The van der Waals surface area contributed by atoms with Crippen molar-refractivity contribution < 1.29 is 23.9 Å². The number of benzene rings is 1. The van der Waals surface area contributed by atoms with Crippen LogP contribution in [-0.4, -0.2) is 48.6 Å². The minimum Gasteiger partial charge on any atom is -0.464 e. The second-order valence-electron chi connectivity index (χ2n) is 6.32. The lowest BCUT2D eigenvalue weighted by Crippen LogP contribution is -2.53. The fraction of sp³-hybridized carbons (Fsp3) is 0.526. The molecule has 1 aromatic rings. The molecular formula is C19H28N2O5. The van der Waals surface area contributed by atoms with Gasteiger partial charge in [0.05, 0.1) is 6.61 Å². The van der Waals surface area contributed by atoms with Gasteiger partial charge >= 0.3 is 12.1 Å². The van der Waals surface area contributed by atoms with Crippen LogP contribution in [0.15, 0.2) is 30.3 Å². The molecule has 26 heavy (non-hydrogen) atoms. The van der Waals surface area contributed by atoms with Gasteiger partial charge in [0, 0.05) is 7.05 Å². The number of nitrogens with one attached hydrogen (secondary N) is 1. The molecule has 0 spiro atoms. The maximum Gasteiger partial charge on any atom is 0.410 e. The highest BCUT2D eigenvalue weighted by Gasteiger charge is 2.32. The Morgan fingerprint density at radius 2 is 1.69 bits per heavy atom. The van der Waals surface area contributed by atoms with Crippen LogP contribution in [0.25, 0.3) is 0 Å². The third-order valence-electron chi connectivity index (χ3n) is 3.81. The SMILES string of the molecule is CCOC(=O)[C@H](C)NC(=O)[C@H](C(C)C)N(C)C(=O)OCc1ccccc1. The van der Waals surface area contributed by atoms with Crippen LogP contribution in [0.4, 0.5) is 4.79 Å². The fourth-order valence-electron chi connectivity index (χ4n) is 2.49. The molecule has 7 heteroatoms. The van der Waals surface area contributed by atoms with Crippen LogP contribution in [0.1, 0.15) is 33.3 Å². The maximum atomic E-state index is 12.6. The summed E-state index contributed by atoms with van der Waals surface area (Å²) < 4.78 is 10.2. The fourth-order valence-corrected chi connectivity index (χ4v) is 2.49. The highest BCUT2D eigenvalue weighted by atomic mass is 16.6. The highest BCUT2D eigenvalue weighted by Crippen LogP contribution is 2.12. The number of carbonyl (C=O) groups is 3. The second-order valence-corrected chi connectivity index (χ2v) is 6.32. The van der Waals surface area contributed by atoms with Gasteiger partial charge in [0.15, 0.2) is 0 Å². The van der Waals surface area contributed by atoms with Gasteiger partial charge in [0.25, 0.3) is 0 Å². The summed E-state index contributed by atoms with van der Waals surface area (Å²) >= 11 is 0. The van der Waals surface area contributed by atoms with E-state index in [2.05, 4.69) is 5.32 Å². The Morgan fingerprint density at radius 1 is 1.08 bits per heavy atom. The molecule has 0 aliphatic heterocycles. The normalized spacial score (nSPS) is 12.8. The zero-order valence-electron chi connectivity index (χ0n) is 16.0. The van der Waals surface area contributed by atoms with Gasteiger partial charge in [-0.05, 0) is 25.3 Å². The summed E-state index contributed by atoms with van der Waals surface area (Å²) in [4.78, 5) is 37.8. The van der Waals surface area contributed by atoms with E-state index in [9.17, 15) is 14.4 Å². The first-order valence-corrected chi connectivity index (χ1v) is 8.68. The minimum absolute atomic E-state index is 0.121. The molecule has 2 atom stereocenters. The van der Waals surface area contributed by atoms with E-state index < -0.39 is 30.1 Å². The van der Waals surface area contributed by atoms with E-state index in [1.165, 1.54) is 11.9 Å². The molecule has 0 aromatic heterocycles. The van der Waals surface area contributed by atoms with Gasteiger partial charge in [-0.2, -0.15) is 0 Å². The molecular weight excluding hydrogens is 336 g/mol. The van der Waals surface area contributed by atoms with Crippen molar-refractivity contribution in [1.82, 2.24) is 10.2 Å². The summed E-state index contributed by atoms with van der Waals surface area (Å²) in [5.41, 5.74) is 0.857. The summed E-state index contributed by atoms with van der Waals surface area (Å²) in [7, 11) is 1.51. The molecule has 144 valence electrons. The predicted octanol–water partition coefficient (Wildman–Crippen LogP) is 2.35.